The molecule has 92 valence electrons. The molecule has 3 fully saturated rings. The summed E-state index contributed by atoms with van der Waals surface area (Å²) in [6.07, 6.45) is 8.39. The third-order valence-electron chi connectivity index (χ3n) is 5.87. The fourth-order valence-corrected chi connectivity index (χ4v) is 5.33. The maximum Gasteiger partial charge on any atom is 0.156 e. The molecular weight excluding hydrogens is 212 g/mol. The van der Waals surface area contributed by atoms with Crippen LogP contribution in [0.5, 0.6) is 0 Å². The van der Waals surface area contributed by atoms with E-state index in [1.165, 1.54) is 19.3 Å². The number of fused-ring (bicyclic) bond motifs is 3. The Bertz CT molecular complexity index is 418. The second kappa shape index (κ2) is 3.01. The molecule has 1 spiro atoms. The highest BCUT2D eigenvalue weighted by Gasteiger charge is 2.69. The SMILES string of the molecule is CN1CC(=O)C23C(CCCC12)C1C=CC3N1C. The van der Waals surface area contributed by atoms with Crippen LogP contribution in [-0.4, -0.2) is 54.3 Å². The van der Waals surface area contributed by atoms with Gasteiger partial charge in [-0.3, -0.25) is 14.6 Å². The molecule has 4 rings (SSSR count). The lowest BCUT2D eigenvalue weighted by molar-refractivity contribution is -0.129. The Hall–Kier alpha value is -0.670. The largest absolute Gasteiger partial charge is 0.297 e. The molecule has 3 heterocycles. The van der Waals surface area contributed by atoms with Gasteiger partial charge in [-0.15, -0.1) is 0 Å². The van der Waals surface area contributed by atoms with Gasteiger partial charge < -0.3 is 0 Å². The van der Waals surface area contributed by atoms with Gasteiger partial charge >= 0.3 is 0 Å². The summed E-state index contributed by atoms with van der Waals surface area (Å²) < 4.78 is 0. The topological polar surface area (TPSA) is 23.6 Å². The Balaban J connectivity index is 1.90. The van der Waals surface area contributed by atoms with Crippen LogP contribution in [0.25, 0.3) is 0 Å². The summed E-state index contributed by atoms with van der Waals surface area (Å²) in [7, 11) is 4.33. The molecule has 3 nitrogen and oxygen atoms in total. The monoisotopic (exact) mass is 232 g/mol. The van der Waals surface area contributed by atoms with Crippen LogP contribution >= 0.6 is 0 Å². The number of hydrogen-bond donors (Lipinski definition) is 0. The van der Waals surface area contributed by atoms with Crippen LogP contribution in [0.2, 0.25) is 0 Å². The smallest absolute Gasteiger partial charge is 0.156 e. The molecule has 5 atom stereocenters. The lowest BCUT2D eigenvalue weighted by atomic mass is 9.58. The first kappa shape index (κ1) is 10.3. The number of likely N-dealkylation sites (tertiary alicyclic amines) is 1. The Labute approximate surface area is 102 Å². The fraction of sp³-hybridized carbons (Fsp3) is 0.786. The molecular formula is C14H20N2O. The van der Waals surface area contributed by atoms with Crippen LogP contribution in [0.1, 0.15) is 19.3 Å². The molecule has 0 aromatic heterocycles. The van der Waals surface area contributed by atoms with Gasteiger partial charge in [0.15, 0.2) is 5.78 Å². The highest BCUT2D eigenvalue weighted by Crippen LogP contribution is 2.60. The summed E-state index contributed by atoms with van der Waals surface area (Å²) in [4.78, 5) is 17.4. The molecule has 3 aliphatic heterocycles. The van der Waals surface area contributed by atoms with Gasteiger partial charge in [-0.25, -0.2) is 0 Å². The fourth-order valence-electron chi connectivity index (χ4n) is 5.33. The van der Waals surface area contributed by atoms with Gasteiger partial charge in [-0.2, -0.15) is 0 Å². The summed E-state index contributed by atoms with van der Waals surface area (Å²) in [5, 5.41) is 0. The number of Topliss-reactive ketones (excluding diaryl/α,β-unsaturated/α-hetero) is 1. The van der Waals surface area contributed by atoms with Gasteiger partial charge in [-0.1, -0.05) is 18.6 Å². The number of rotatable bonds is 0. The van der Waals surface area contributed by atoms with Gasteiger partial charge in [0.2, 0.25) is 0 Å². The minimum Gasteiger partial charge on any atom is -0.297 e. The maximum absolute atomic E-state index is 12.7. The summed E-state index contributed by atoms with van der Waals surface area (Å²) in [5.41, 5.74) is -0.0544. The van der Waals surface area contributed by atoms with Crippen LogP contribution < -0.4 is 0 Å². The Morgan fingerprint density at radius 1 is 1.29 bits per heavy atom. The molecule has 3 heteroatoms. The van der Waals surface area contributed by atoms with Crippen LogP contribution in [0.3, 0.4) is 0 Å². The lowest BCUT2D eigenvalue weighted by Crippen LogP contribution is -2.54. The highest BCUT2D eigenvalue weighted by atomic mass is 16.1. The van der Waals surface area contributed by atoms with E-state index < -0.39 is 0 Å². The quantitative estimate of drug-likeness (QED) is 0.580. The summed E-state index contributed by atoms with van der Waals surface area (Å²) in [6, 6.07) is 1.40. The second-order valence-corrected chi connectivity index (χ2v) is 6.31. The van der Waals surface area contributed by atoms with Crippen molar-refractivity contribution < 1.29 is 4.79 Å². The van der Waals surface area contributed by atoms with E-state index in [2.05, 4.69) is 36.0 Å². The molecule has 2 saturated heterocycles. The van der Waals surface area contributed by atoms with Crippen molar-refractivity contribution in [3.63, 3.8) is 0 Å². The van der Waals surface area contributed by atoms with Gasteiger partial charge in [0.05, 0.1) is 12.0 Å². The lowest BCUT2D eigenvalue weighted by Gasteiger charge is -2.45. The first-order valence-electron chi connectivity index (χ1n) is 6.81. The first-order valence-corrected chi connectivity index (χ1v) is 6.81. The van der Waals surface area contributed by atoms with Crippen molar-refractivity contribution in [3.8, 4) is 0 Å². The van der Waals surface area contributed by atoms with E-state index in [4.69, 9.17) is 0 Å². The molecule has 1 aliphatic carbocycles. The average molecular weight is 232 g/mol. The number of carbonyl (C=O) groups excluding carboxylic acids is 1. The number of carbonyl (C=O) groups is 1. The Morgan fingerprint density at radius 2 is 2.12 bits per heavy atom. The third kappa shape index (κ3) is 0.923. The van der Waals surface area contributed by atoms with Crippen molar-refractivity contribution >= 4 is 5.78 Å². The molecule has 0 aromatic rings. The molecule has 2 bridgehead atoms. The summed E-state index contributed by atoms with van der Waals surface area (Å²) >= 11 is 0. The minimum absolute atomic E-state index is 0.0544. The van der Waals surface area contributed by atoms with Crippen molar-refractivity contribution in [2.45, 2.75) is 37.4 Å². The average Bonchev–Trinajstić information content (AvgIpc) is 2.89. The van der Waals surface area contributed by atoms with E-state index in [1.54, 1.807) is 0 Å². The van der Waals surface area contributed by atoms with Crippen LogP contribution in [0.4, 0.5) is 0 Å². The minimum atomic E-state index is -0.0544. The van der Waals surface area contributed by atoms with Gasteiger partial charge in [0.25, 0.3) is 0 Å². The molecule has 0 N–H and O–H groups in total. The van der Waals surface area contributed by atoms with Crippen molar-refractivity contribution in [2.75, 3.05) is 20.6 Å². The summed E-state index contributed by atoms with van der Waals surface area (Å²) in [6.45, 7) is 0.673. The van der Waals surface area contributed by atoms with Crippen LogP contribution in [-0.2, 0) is 4.79 Å². The van der Waals surface area contributed by atoms with E-state index in [9.17, 15) is 4.79 Å². The van der Waals surface area contributed by atoms with Gasteiger partial charge in [-0.05, 0) is 32.9 Å². The highest BCUT2D eigenvalue weighted by molar-refractivity contribution is 5.92. The predicted molar refractivity (Wildman–Crippen MR) is 65.7 cm³/mol. The number of hydrogen-bond acceptors (Lipinski definition) is 3. The van der Waals surface area contributed by atoms with Crippen LogP contribution in [0, 0.1) is 11.3 Å². The molecule has 17 heavy (non-hydrogen) atoms. The Kier molecular flexibility index (Phi) is 1.82. The van der Waals surface area contributed by atoms with Crippen LogP contribution in [0.15, 0.2) is 12.2 Å². The van der Waals surface area contributed by atoms with Crippen molar-refractivity contribution in [1.29, 1.82) is 0 Å². The zero-order valence-electron chi connectivity index (χ0n) is 10.6. The molecule has 1 saturated carbocycles. The van der Waals surface area contributed by atoms with Gasteiger partial charge in [0, 0.05) is 18.1 Å². The molecule has 4 aliphatic rings. The van der Waals surface area contributed by atoms with E-state index in [0.717, 1.165) is 0 Å². The molecule has 0 amide bonds. The zero-order valence-corrected chi connectivity index (χ0v) is 10.6. The number of ketones is 1. The third-order valence-corrected chi connectivity index (χ3v) is 5.87. The van der Waals surface area contributed by atoms with Crippen molar-refractivity contribution in [1.82, 2.24) is 9.80 Å². The summed E-state index contributed by atoms with van der Waals surface area (Å²) in [5.74, 6) is 1.09. The van der Waals surface area contributed by atoms with Crippen molar-refractivity contribution in [3.05, 3.63) is 12.2 Å². The molecule has 0 aromatic carbocycles. The maximum atomic E-state index is 12.7. The van der Waals surface area contributed by atoms with E-state index in [-0.39, 0.29) is 5.41 Å². The number of likely N-dealkylation sites (N-methyl/N-ethyl adjacent to an activating group) is 2. The zero-order chi connectivity index (χ0) is 11.8. The second-order valence-electron chi connectivity index (χ2n) is 6.31. The van der Waals surface area contributed by atoms with E-state index >= 15 is 0 Å². The van der Waals surface area contributed by atoms with E-state index in [0.29, 0.717) is 36.4 Å². The first-order chi connectivity index (χ1) is 8.17. The standard InChI is InChI=1S/C14H20N2O/c1-15-8-13(17)14-9(4-3-5-11(14)15)10-6-7-12(14)16(10)2/h6-7,9-12H,3-5,8H2,1-2H3. The predicted octanol–water partition coefficient (Wildman–Crippen LogP) is 0.908. The van der Waals surface area contributed by atoms with Gasteiger partial charge in [0.1, 0.15) is 0 Å². The van der Waals surface area contributed by atoms with E-state index in [1.807, 2.05) is 0 Å². The number of nitrogens with zero attached hydrogens (tertiary/aromatic N) is 2. The van der Waals surface area contributed by atoms with Crippen molar-refractivity contribution in [2.24, 2.45) is 11.3 Å². The molecule has 5 unspecified atom stereocenters. The normalized spacial score (nSPS) is 53.2. The molecule has 0 radical (unpaired) electrons. The Morgan fingerprint density at radius 3 is 2.94 bits per heavy atom.